The van der Waals surface area contributed by atoms with Gasteiger partial charge in [0, 0.05) is 36.6 Å². The summed E-state index contributed by atoms with van der Waals surface area (Å²) in [5.74, 6) is -0.872. The second-order valence-corrected chi connectivity index (χ2v) is 8.16. The summed E-state index contributed by atoms with van der Waals surface area (Å²) in [6.07, 6.45) is 5.77. The van der Waals surface area contributed by atoms with Crippen molar-refractivity contribution >= 4 is 22.4 Å². The Morgan fingerprint density at radius 2 is 2.03 bits per heavy atom. The molecule has 3 heterocycles. The van der Waals surface area contributed by atoms with Gasteiger partial charge in [0.05, 0.1) is 17.5 Å². The van der Waals surface area contributed by atoms with Crippen LogP contribution in [0.2, 0.25) is 0 Å². The fourth-order valence-corrected chi connectivity index (χ4v) is 4.81. The molecule has 3 aromatic rings. The van der Waals surface area contributed by atoms with Gasteiger partial charge >= 0.3 is 0 Å². The van der Waals surface area contributed by atoms with Crippen molar-refractivity contribution in [1.82, 2.24) is 14.9 Å². The first kappa shape index (κ1) is 20.2. The lowest BCUT2D eigenvalue weighted by molar-refractivity contribution is 0.0679. The summed E-state index contributed by atoms with van der Waals surface area (Å²) in [5.41, 5.74) is 1.99. The Labute approximate surface area is 179 Å². The van der Waals surface area contributed by atoms with E-state index in [0.717, 1.165) is 29.9 Å². The van der Waals surface area contributed by atoms with E-state index in [1.165, 1.54) is 17.8 Å². The van der Waals surface area contributed by atoms with Crippen LogP contribution in [0, 0.1) is 5.82 Å². The third-order valence-electron chi connectivity index (χ3n) is 5.63. The first-order chi connectivity index (χ1) is 14.6. The number of nitrogens with zero attached hydrogens (tertiary/aromatic N) is 3. The van der Waals surface area contributed by atoms with Crippen molar-refractivity contribution in [3.63, 3.8) is 0 Å². The summed E-state index contributed by atoms with van der Waals surface area (Å²) in [6.45, 7) is 5.45. The maximum absolute atomic E-state index is 14.0. The number of amides is 1. The molecule has 2 aromatic heterocycles. The maximum atomic E-state index is 14.0. The van der Waals surface area contributed by atoms with Crippen molar-refractivity contribution < 1.29 is 9.18 Å². The van der Waals surface area contributed by atoms with Crippen molar-refractivity contribution in [3.8, 4) is 0 Å². The summed E-state index contributed by atoms with van der Waals surface area (Å²) in [4.78, 5) is 23.2. The number of halogens is 1. The number of hydrogen-bond donors (Lipinski definition) is 1. The molecule has 7 heteroatoms. The number of nitrogens with one attached hydrogen (secondary N) is 1. The van der Waals surface area contributed by atoms with Crippen molar-refractivity contribution in [2.45, 2.75) is 18.3 Å². The molecule has 1 aliphatic rings. The molecule has 1 N–H and O–H groups in total. The number of anilines is 1. The molecule has 0 unspecified atom stereocenters. The van der Waals surface area contributed by atoms with Gasteiger partial charge in [-0.15, -0.1) is 17.9 Å². The Bertz CT molecular complexity index is 1030. The molecular weight excluding hydrogens is 399 g/mol. The number of rotatable bonds is 6. The lowest BCUT2D eigenvalue weighted by atomic mass is 9.70. The topological polar surface area (TPSA) is 58.1 Å². The second kappa shape index (κ2) is 8.75. The largest absolute Gasteiger partial charge is 0.358 e. The third-order valence-corrected chi connectivity index (χ3v) is 6.43. The Hall–Kier alpha value is -3.06. The van der Waals surface area contributed by atoms with Crippen LogP contribution in [0.15, 0.2) is 66.8 Å². The molecule has 0 spiro atoms. The van der Waals surface area contributed by atoms with Crippen molar-refractivity contribution in [2.75, 3.05) is 25.0 Å². The van der Waals surface area contributed by atoms with E-state index in [4.69, 9.17) is 4.98 Å². The van der Waals surface area contributed by atoms with E-state index in [1.54, 1.807) is 22.3 Å². The Morgan fingerprint density at radius 3 is 2.73 bits per heavy atom. The van der Waals surface area contributed by atoms with Crippen molar-refractivity contribution in [2.24, 2.45) is 0 Å². The lowest BCUT2D eigenvalue weighted by Crippen LogP contribution is -2.46. The van der Waals surface area contributed by atoms with Gasteiger partial charge in [0.15, 0.2) is 10.9 Å². The van der Waals surface area contributed by atoms with Crippen LogP contribution in [0.3, 0.4) is 0 Å². The smallest absolute Gasteiger partial charge is 0.256 e. The average Bonchev–Trinajstić information content (AvgIpc) is 3.28. The summed E-state index contributed by atoms with van der Waals surface area (Å²) in [5, 5.41) is 6.21. The summed E-state index contributed by atoms with van der Waals surface area (Å²) in [7, 11) is 0. The van der Waals surface area contributed by atoms with Crippen LogP contribution in [0.4, 0.5) is 9.52 Å². The van der Waals surface area contributed by atoms with Crippen LogP contribution in [-0.2, 0) is 5.41 Å². The van der Waals surface area contributed by atoms with Crippen LogP contribution in [0.1, 0.15) is 34.5 Å². The minimum absolute atomic E-state index is 0.0711. The van der Waals surface area contributed by atoms with Gasteiger partial charge in [-0.1, -0.05) is 36.4 Å². The van der Waals surface area contributed by atoms with E-state index >= 15 is 0 Å². The summed E-state index contributed by atoms with van der Waals surface area (Å²) < 4.78 is 14.0. The van der Waals surface area contributed by atoms with Gasteiger partial charge in [-0.25, -0.2) is 9.37 Å². The zero-order valence-electron chi connectivity index (χ0n) is 16.6. The van der Waals surface area contributed by atoms with Gasteiger partial charge in [-0.2, -0.15) is 0 Å². The highest BCUT2D eigenvalue weighted by Gasteiger charge is 2.41. The van der Waals surface area contributed by atoms with E-state index in [-0.39, 0.29) is 16.9 Å². The van der Waals surface area contributed by atoms with Crippen LogP contribution in [0.5, 0.6) is 0 Å². The fraction of sp³-hybridized carbons (Fsp3) is 0.261. The number of piperidine rings is 1. The number of hydrogen-bond acceptors (Lipinski definition) is 5. The molecule has 30 heavy (non-hydrogen) atoms. The molecular formula is C23H23FN4OS. The van der Waals surface area contributed by atoms with Crippen molar-refractivity contribution in [1.29, 1.82) is 0 Å². The number of likely N-dealkylation sites (tertiary alicyclic amines) is 1. The quantitative estimate of drug-likeness (QED) is 0.595. The monoisotopic (exact) mass is 422 g/mol. The second-order valence-electron chi connectivity index (χ2n) is 7.30. The zero-order valence-corrected chi connectivity index (χ0v) is 17.4. The SMILES string of the molecule is C=CCNc1nc(C2(c3ccccc3)CCN(C(=O)c3ccncc3F)CC2)cs1. The molecule has 1 aromatic carbocycles. The molecule has 5 nitrogen and oxygen atoms in total. The van der Waals surface area contributed by atoms with Gasteiger partial charge in [-0.3, -0.25) is 9.78 Å². The van der Waals surface area contributed by atoms with E-state index in [1.807, 2.05) is 18.2 Å². The molecule has 0 atom stereocenters. The number of thiazole rings is 1. The van der Waals surface area contributed by atoms with E-state index < -0.39 is 5.82 Å². The summed E-state index contributed by atoms with van der Waals surface area (Å²) in [6, 6.07) is 11.7. The predicted molar refractivity (Wildman–Crippen MR) is 117 cm³/mol. The predicted octanol–water partition coefficient (Wildman–Crippen LogP) is 4.50. The molecule has 0 bridgehead atoms. The van der Waals surface area contributed by atoms with E-state index in [2.05, 4.69) is 34.4 Å². The van der Waals surface area contributed by atoms with Crippen LogP contribution < -0.4 is 5.32 Å². The number of benzene rings is 1. The standard InChI is InChI=1S/C23H23FN4OS/c1-2-11-26-22-27-20(16-30-22)23(17-6-4-3-5-7-17)9-13-28(14-10-23)21(29)18-8-12-25-15-19(18)24/h2-8,12,15-16H,1,9-11,13-14H2,(H,26,27). The Kier molecular flexibility index (Phi) is 5.90. The molecule has 0 saturated carbocycles. The molecule has 0 aliphatic carbocycles. The highest BCUT2D eigenvalue weighted by molar-refractivity contribution is 7.13. The normalized spacial score (nSPS) is 15.6. The first-order valence-corrected chi connectivity index (χ1v) is 10.8. The highest BCUT2D eigenvalue weighted by atomic mass is 32.1. The molecule has 4 rings (SSSR count). The van der Waals surface area contributed by atoms with Crippen LogP contribution >= 0.6 is 11.3 Å². The molecule has 0 radical (unpaired) electrons. The lowest BCUT2D eigenvalue weighted by Gasteiger charge is -2.41. The molecule has 1 saturated heterocycles. The molecule has 1 aliphatic heterocycles. The van der Waals surface area contributed by atoms with Crippen LogP contribution in [0.25, 0.3) is 0 Å². The minimum atomic E-state index is -0.583. The van der Waals surface area contributed by atoms with Gasteiger partial charge in [0.1, 0.15) is 0 Å². The zero-order chi connectivity index (χ0) is 21.0. The molecule has 154 valence electrons. The Balaban J connectivity index is 1.60. The van der Waals surface area contributed by atoms with Gasteiger partial charge in [0.25, 0.3) is 5.91 Å². The van der Waals surface area contributed by atoms with Crippen molar-refractivity contribution in [3.05, 3.63) is 89.5 Å². The maximum Gasteiger partial charge on any atom is 0.256 e. The first-order valence-electron chi connectivity index (χ1n) is 9.89. The van der Waals surface area contributed by atoms with Crippen LogP contribution in [-0.4, -0.2) is 40.4 Å². The third kappa shape index (κ3) is 3.85. The van der Waals surface area contributed by atoms with E-state index in [9.17, 15) is 9.18 Å². The fourth-order valence-electron chi connectivity index (χ4n) is 3.99. The average molecular weight is 423 g/mol. The highest BCUT2D eigenvalue weighted by Crippen LogP contribution is 2.42. The summed E-state index contributed by atoms with van der Waals surface area (Å²) >= 11 is 1.58. The number of pyridine rings is 1. The minimum Gasteiger partial charge on any atom is -0.358 e. The van der Waals surface area contributed by atoms with Gasteiger partial charge in [0.2, 0.25) is 0 Å². The van der Waals surface area contributed by atoms with Gasteiger partial charge in [-0.05, 0) is 24.5 Å². The molecule has 1 amide bonds. The number of carbonyl (C=O) groups is 1. The number of carbonyl (C=O) groups excluding carboxylic acids is 1. The number of aromatic nitrogens is 2. The van der Waals surface area contributed by atoms with E-state index in [0.29, 0.717) is 19.6 Å². The van der Waals surface area contributed by atoms with Gasteiger partial charge < -0.3 is 10.2 Å². The Morgan fingerprint density at radius 1 is 1.27 bits per heavy atom. The molecule has 1 fully saturated rings.